The molecule has 1 aliphatic rings. The molecule has 2 aromatic rings. The summed E-state index contributed by atoms with van der Waals surface area (Å²) >= 11 is 0. The van der Waals surface area contributed by atoms with Gasteiger partial charge in [-0.3, -0.25) is 4.79 Å². The molecule has 7 nitrogen and oxygen atoms in total. The average molecular weight is 403 g/mol. The van der Waals surface area contributed by atoms with Gasteiger partial charge in [-0.15, -0.1) is 0 Å². The molecule has 0 aliphatic carbocycles. The lowest BCUT2D eigenvalue weighted by atomic mass is 10.0. The fourth-order valence-corrected chi connectivity index (χ4v) is 5.07. The number of carbonyl (C=O) groups is 2. The Labute approximate surface area is 163 Å². The highest BCUT2D eigenvalue weighted by molar-refractivity contribution is 7.93. The number of esters is 1. The van der Waals surface area contributed by atoms with Crippen LogP contribution in [0.25, 0.3) is 0 Å². The summed E-state index contributed by atoms with van der Waals surface area (Å²) in [5.74, 6) is -1.57. The molecule has 0 unspecified atom stereocenters. The highest BCUT2D eigenvalue weighted by Gasteiger charge is 2.63. The molecule has 28 heavy (non-hydrogen) atoms. The van der Waals surface area contributed by atoms with Crippen LogP contribution >= 0.6 is 0 Å². The minimum absolute atomic E-state index is 0.0218. The lowest BCUT2D eigenvalue weighted by Gasteiger charge is -2.30. The van der Waals surface area contributed by atoms with Gasteiger partial charge in [0.05, 0.1) is 18.6 Å². The van der Waals surface area contributed by atoms with Crippen molar-refractivity contribution >= 4 is 21.7 Å². The average Bonchev–Trinajstić information content (AvgIpc) is 2.99. The van der Waals surface area contributed by atoms with E-state index in [-0.39, 0.29) is 11.5 Å². The Morgan fingerprint density at radius 3 is 2.21 bits per heavy atom. The highest BCUT2D eigenvalue weighted by Crippen LogP contribution is 2.37. The molecule has 3 rings (SSSR count). The number of sulfone groups is 1. The van der Waals surface area contributed by atoms with Crippen molar-refractivity contribution in [2.24, 2.45) is 0 Å². The van der Waals surface area contributed by atoms with Crippen molar-refractivity contribution < 1.29 is 27.5 Å². The molecule has 148 valence electrons. The van der Waals surface area contributed by atoms with E-state index in [4.69, 9.17) is 9.47 Å². The number of ether oxygens (including phenoxy) is 2. The molecule has 0 aromatic heterocycles. The van der Waals surface area contributed by atoms with Crippen molar-refractivity contribution in [2.75, 3.05) is 7.11 Å². The molecule has 1 fully saturated rings. The molecule has 1 heterocycles. The van der Waals surface area contributed by atoms with Gasteiger partial charge in [0.25, 0.3) is 0 Å². The number of carbonyl (C=O) groups excluding carboxylic acids is 2. The predicted molar refractivity (Wildman–Crippen MR) is 101 cm³/mol. The topological polar surface area (TPSA) is 98.8 Å². The number of amides is 1. The SMILES string of the molecule is COC(=O)[C@@H]1NC(=O)[C@@](C)(S(=O)(=O)c2ccccc2)[C@H]1OCc1ccccc1. The van der Waals surface area contributed by atoms with E-state index in [0.717, 1.165) is 5.56 Å². The Balaban J connectivity index is 2.02. The van der Waals surface area contributed by atoms with Crippen molar-refractivity contribution in [3.05, 3.63) is 66.2 Å². The molecule has 1 N–H and O–H groups in total. The summed E-state index contributed by atoms with van der Waals surface area (Å²) in [6, 6.07) is 15.5. The molecule has 0 radical (unpaired) electrons. The summed E-state index contributed by atoms with van der Waals surface area (Å²) < 4.78 is 35.3. The van der Waals surface area contributed by atoms with Crippen LogP contribution in [0.3, 0.4) is 0 Å². The van der Waals surface area contributed by atoms with E-state index < -0.39 is 38.6 Å². The van der Waals surface area contributed by atoms with Gasteiger partial charge < -0.3 is 14.8 Å². The lowest BCUT2D eigenvalue weighted by Crippen LogP contribution is -2.52. The van der Waals surface area contributed by atoms with Crippen LogP contribution in [0.4, 0.5) is 0 Å². The van der Waals surface area contributed by atoms with Gasteiger partial charge >= 0.3 is 5.97 Å². The molecule has 8 heteroatoms. The second-order valence-corrected chi connectivity index (χ2v) is 8.94. The monoisotopic (exact) mass is 403 g/mol. The Bertz CT molecular complexity index is 961. The van der Waals surface area contributed by atoms with E-state index in [1.165, 1.54) is 26.2 Å². The second kappa shape index (κ2) is 7.73. The van der Waals surface area contributed by atoms with E-state index in [1.807, 2.05) is 18.2 Å². The van der Waals surface area contributed by atoms with E-state index in [0.29, 0.717) is 0 Å². The molecule has 1 amide bonds. The fourth-order valence-electron chi connectivity index (χ4n) is 3.25. The number of hydrogen-bond acceptors (Lipinski definition) is 6. The normalized spacial score (nSPS) is 24.6. The highest BCUT2D eigenvalue weighted by atomic mass is 32.2. The molecule has 1 saturated heterocycles. The molecular weight excluding hydrogens is 382 g/mol. The summed E-state index contributed by atoms with van der Waals surface area (Å²) in [5, 5.41) is 2.44. The fraction of sp³-hybridized carbons (Fsp3) is 0.300. The quantitative estimate of drug-likeness (QED) is 0.734. The van der Waals surface area contributed by atoms with Crippen LogP contribution in [0.2, 0.25) is 0 Å². The van der Waals surface area contributed by atoms with Gasteiger partial charge in [0.15, 0.2) is 20.6 Å². The zero-order chi connectivity index (χ0) is 20.4. The van der Waals surface area contributed by atoms with Crippen LogP contribution in [-0.2, 0) is 35.5 Å². The zero-order valence-corrected chi connectivity index (χ0v) is 16.3. The minimum Gasteiger partial charge on any atom is -0.467 e. The molecule has 0 spiro atoms. The minimum atomic E-state index is -4.16. The molecule has 2 aromatic carbocycles. The number of benzene rings is 2. The third kappa shape index (κ3) is 3.29. The van der Waals surface area contributed by atoms with Crippen LogP contribution in [0, 0.1) is 0 Å². The predicted octanol–water partition coefficient (Wildman–Crippen LogP) is 1.48. The first-order chi connectivity index (χ1) is 13.3. The zero-order valence-electron chi connectivity index (χ0n) is 15.5. The van der Waals surface area contributed by atoms with Crippen molar-refractivity contribution in [2.45, 2.75) is 35.3 Å². The summed E-state index contributed by atoms with van der Waals surface area (Å²) in [6.45, 7) is 1.32. The number of hydrogen-bond donors (Lipinski definition) is 1. The van der Waals surface area contributed by atoms with Crippen molar-refractivity contribution in [3.63, 3.8) is 0 Å². The van der Waals surface area contributed by atoms with Crippen LogP contribution in [0.1, 0.15) is 12.5 Å². The van der Waals surface area contributed by atoms with E-state index in [9.17, 15) is 18.0 Å². The third-order valence-electron chi connectivity index (χ3n) is 4.92. The number of nitrogens with one attached hydrogen (secondary N) is 1. The van der Waals surface area contributed by atoms with Crippen LogP contribution in [-0.4, -0.2) is 44.3 Å². The maximum absolute atomic E-state index is 13.4. The Morgan fingerprint density at radius 1 is 1.07 bits per heavy atom. The Morgan fingerprint density at radius 2 is 1.64 bits per heavy atom. The van der Waals surface area contributed by atoms with Crippen LogP contribution in [0.5, 0.6) is 0 Å². The van der Waals surface area contributed by atoms with Gasteiger partial charge in [-0.05, 0) is 24.6 Å². The molecular formula is C20H21NO6S. The van der Waals surface area contributed by atoms with Crippen LogP contribution in [0.15, 0.2) is 65.6 Å². The summed E-state index contributed by atoms with van der Waals surface area (Å²) in [4.78, 5) is 25.0. The van der Waals surface area contributed by atoms with Gasteiger partial charge in [0.2, 0.25) is 5.91 Å². The van der Waals surface area contributed by atoms with Gasteiger partial charge in [-0.2, -0.15) is 0 Å². The smallest absolute Gasteiger partial charge is 0.331 e. The van der Waals surface area contributed by atoms with Crippen molar-refractivity contribution in [3.8, 4) is 0 Å². The molecule has 1 aliphatic heterocycles. The molecule has 0 saturated carbocycles. The van der Waals surface area contributed by atoms with Crippen LogP contribution < -0.4 is 5.32 Å². The third-order valence-corrected chi connectivity index (χ3v) is 7.35. The van der Waals surface area contributed by atoms with Gasteiger partial charge in [0.1, 0.15) is 6.10 Å². The maximum Gasteiger partial charge on any atom is 0.331 e. The first-order valence-corrected chi connectivity index (χ1v) is 10.1. The standard InChI is InChI=1S/C20H21NO6S/c1-20(28(24,25)15-11-7-4-8-12-15)17(16(18(22)26-2)21-19(20)23)27-13-14-9-5-3-6-10-14/h3-12,16-17H,13H2,1-2H3,(H,21,23)/t16-,17+,20+/m1/s1. The van der Waals surface area contributed by atoms with Crippen molar-refractivity contribution in [1.29, 1.82) is 0 Å². The first kappa shape index (κ1) is 20.0. The Kier molecular flexibility index (Phi) is 5.53. The van der Waals surface area contributed by atoms with E-state index >= 15 is 0 Å². The molecule has 0 bridgehead atoms. The van der Waals surface area contributed by atoms with Gasteiger partial charge in [-0.1, -0.05) is 48.5 Å². The van der Waals surface area contributed by atoms with Gasteiger partial charge in [-0.25, -0.2) is 13.2 Å². The largest absolute Gasteiger partial charge is 0.467 e. The lowest BCUT2D eigenvalue weighted by molar-refractivity contribution is -0.146. The number of rotatable bonds is 6. The number of methoxy groups -OCH3 is 1. The van der Waals surface area contributed by atoms with Crippen molar-refractivity contribution in [1.82, 2.24) is 5.32 Å². The van der Waals surface area contributed by atoms with E-state index in [1.54, 1.807) is 30.3 Å². The first-order valence-electron chi connectivity index (χ1n) is 8.66. The molecule has 3 atom stereocenters. The summed E-state index contributed by atoms with van der Waals surface area (Å²) in [7, 11) is -2.99. The maximum atomic E-state index is 13.4. The Hall–Kier alpha value is -2.71. The second-order valence-electron chi connectivity index (χ2n) is 6.62. The van der Waals surface area contributed by atoms with E-state index in [2.05, 4.69) is 5.32 Å². The van der Waals surface area contributed by atoms with Gasteiger partial charge in [0, 0.05) is 0 Å². The summed E-state index contributed by atoms with van der Waals surface area (Å²) in [5.41, 5.74) is 0.782. The summed E-state index contributed by atoms with van der Waals surface area (Å²) in [6.07, 6.45) is -1.27.